The van der Waals surface area contributed by atoms with Crippen LogP contribution in [0, 0.1) is 12.3 Å². The largest absolute Gasteiger partial charge is 0.507 e. The first kappa shape index (κ1) is 11.4. The third-order valence-electron chi connectivity index (χ3n) is 1.62. The second kappa shape index (κ2) is 5.27. The topological polar surface area (TPSA) is 62.0 Å². The Hall–Kier alpha value is -1.67. The number of halogens is 1. The van der Waals surface area contributed by atoms with Crippen LogP contribution in [-0.2, 0) is 0 Å². The normalized spacial score (nSPS) is 10.1. The molecule has 0 spiro atoms. The highest BCUT2D eigenvalue weighted by Gasteiger charge is 2.10. The van der Waals surface area contributed by atoms with Gasteiger partial charge in [0.15, 0.2) is 0 Å². The van der Waals surface area contributed by atoms with Crippen molar-refractivity contribution in [2.24, 2.45) is 5.16 Å². The van der Waals surface area contributed by atoms with Crippen molar-refractivity contribution in [1.29, 1.82) is 0 Å². The second-order valence-corrected chi connectivity index (χ2v) is 3.34. The number of phenols is 1. The molecule has 0 bridgehead atoms. The fourth-order valence-corrected chi connectivity index (χ4v) is 1.53. The van der Waals surface area contributed by atoms with Crippen molar-refractivity contribution in [1.82, 2.24) is 0 Å². The van der Waals surface area contributed by atoms with E-state index in [9.17, 15) is 5.11 Å². The molecule has 0 fully saturated rings. The smallest absolute Gasteiger partial charge is 0.148 e. The van der Waals surface area contributed by atoms with E-state index in [2.05, 4.69) is 27.0 Å². The summed E-state index contributed by atoms with van der Waals surface area (Å²) < 4.78 is 5.67. The van der Waals surface area contributed by atoms with Gasteiger partial charge in [0, 0.05) is 0 Å². The van der Waals surface area contributed by atoms with E-state index in [1.165, 1.54) is 6.07 Å². The minimum Gasteiger partial charge on any atom is -0.507 e. The zero-order valence-corrected chi connectivity index (χ0v) is 9.23. The summed E-state index contributed by atoms with van der Waals surface area (Å²) in [6.07, 6.45) is 6.15. The molecule has 0 saturated heterocycles. The lowest BCUT2D eigenvalue weighted by atomic mass is 10.2. The number of hydrogen-bond donors (Lipinski definition) is 2. The summed E-state index contributed by atoms with van der Waals surface area (Å²) in [5.41, 5.74) is 0.326. The van der Waals surface area contributed by atoms with Gasteiger partial charge in [-0.1, -0.05) is 11.1 Å². The molecule has 0 heterocycles. The maximum absolute atomic E-state index is 9.44. The van der Waals surface area contributed by atoms with Gasteiger partial charge in [0.05, 0.1) is 16.3 Å². The lowest BCUT2D eigenvalue weighted by Gasteiger charge is -2.08. The summed E-state index contributed by atoms with van der Waals surface area (Å²) in [5, 5.41) is 20.7. The van der Waals surface area contributed by atoms with Gasteiger partial charge in [-0.3, -0.25) is 0 Å². The molecule has 0 aliphatic carbocycles. The average molecular weight is 270 g/mol. The van der Waals surface area contributed by atoms with Crippen LogP contribution in [0.4, 0.5) is 0 Å². The Morgan fingerprint density at radius 1 is 1.60 bits per heavy atom. The Morgan fingerprint density at radius 3 is 2.93 bits per heavy atom. The number of terminal acetylenes is 1. The van der Waals surface area contributed by atoms with E-state index in [1.807, 2.05) is 0 Å². The van der Waals surface area contributed by atoms with E-state index in [0.717, 1.165) is 6.21 Å². The summed E-state index contributed by atoms with van der Waals surface area (Å²) in [5.74, 6) is 2.77. The van der Waals surface area contributed by atoms with Crippen LogP contribution in [0.25, 0.3) is 0 Å². The first-order valence-corrected chi connectivity index (χ1v) is 4.75. The van der Waals surface area contributed by atoms with Crippen LogP contribution in [0.5, 0.6) is 11.5 Å². The minimum atomic E-state index is -0.0206. The highest BCUT2D eigenvalue weighted by Crippen LogP contribution is 2.33. The number of oxime groups is 1. The van der Waals surface area contributed by atoms with Gasteiger partial charge in [0.2, 0.25) is 0 Å². The van der Waals surface area contributed by atoms with E-state index >= 15 is 0 Å². The standard InChI is InChI=1S/C10H8BrNO3/c1-2-5-15-9-4-3-8(13)7(6-12-14)10(9)11/h1,3-4,6,13-14H,5H2/b12-6+. The van der Waals surface area contributed by atoms with Gasteiger partial charge in [-0.2, -0.15) is 0 Å². The number of benzene rings is 1. The first-order chi connectivity index (χ1) is 7.20. The third kappa shape index (κ3) is 2.64. The fraction of sp³-hybridized carbons (Fsp3) is 0.100. The molecule has 0 saturated carbocycles. The van der Waals surface area contributed by atoms with Gasteiger partial charge < -0.3 is 15.1 Å². The number of nitrogens with zero attached hydrogens (tertiary/aromatic N) is 1. The molecule has 78 valence electrons. The molecule has 0 atom stereocenters. The zero-order chi connectivity index (χ0) is 11.3. The van der Waals surface area contributed by atoms with Crippen LogP contribution >= 0.6 is 15.9 Å². The van der Waals surface area contributed by atoms with Crippen molar-refractivity contribution in [3.8, 4) is 23.8 Å². The predicted molar refractivity (Wildman–Crippen MR) is 59.5 cm³/mol. The molecule has 2 N–H and O–H groups in total. The summed E-state index contributed by atoms with van der Waals surface area (Å²) in [7, 11) is 0. The van der Waals surface area contributed by atoms with Gasteiger partial charge in [-0.25, -0.2) is 0 Å². The van der Waals surface area contributed by atoms with Gasteiger partial charge in [-0.05, 0) is 28.1 Å². The molecule has 5 heteroatoms. The van der Waals surface area contributed by atoms with E-state index in [0.29, 0.717) is 15.8 Å². The Kier molecular flexibility index (Phi) is 4.01. The molecule has 1 aromatic rings. The quantitative estimate of drug-likeness (QED) is 0.382. The molecule has 15 heavy (non-hydrogen) atoms. The summed E-state index contributed by atoms with van der Waals surface area (Å²) in [6.45, 7) is 0.124. The van der Waals surface area contributed by atoms with E-state index < -0.39 is 0 Å². The molecule has 0 amide bonds. The number of hydrogen-bond acceptors (Lipinski definition) is 4. The molecule has 0 aromatic heterocycles. The van der Waals surface area contributed by atoms with Crippen molar-refractivity contribution in [2.75, 3.05) is 6.61 Å². The molecule has 0 unspecified atom stereocenters. The molecule has 4 nitrogen and oxygen atoms in total. The number of aromatic hydroxyl groups is 1. The maximum Gasteiger partial charge on any atom is 0.148 e. The fourth-order valence-electron chi connectivity index (χ4n) is 0.974. The Morgan fingerprint density at radius 2 is 2.33 bits per heavy atom. The summed E-state index contributed by atoms with van der Waals surface area (Å²) in [4.78, 5) is 0. The third-order valence-corrected chi connectivity index (χ3v) is 2.44. The molecule has 1 rings (SSSR count). The molecule has 0 aliphatic rings. The lowest BCUT2D eigenvalue weighted by molar-refractivity contribution is 0.321. The maximum atomic E-state index is 9.44. The van der Waals surface area contributed by atoms with Crippen LogP contribution in [0.2, 0.25) is 0 Å². The first-order valence-electron chi connectivity index (χ1n) is 3.96. The molecule has 0 radical (unpaired) electrons. The number of rotatable bonds is 3. The predicted octanol–water partition coefficient (Wildman–Crippen LogP) is 1.97. The Labute approximate surface area is 95.3 Å². The van der Waals surface area contributed by atoms with E-state index in [4.69, 9.17) is 16.4 Å². The minimum absolute atomic E-state index is 0.0206. The van der Waals surface area contributed by atoms with Gasteiger partial charge in [0.1, 0.15) is 18.1 Å². The molecule has 0 aliphatic heterocycles. The SMILES string of the molecule is C#CCOc1ccc(O)c(/C=N/O)c1Br. The second-order valence-electron chi connectivity index (χ2n) is 2.55. The molecular weight excluding hydrogens is 262 g/mol. The summed E-state index contributed by atoms with van der Waals surface area (Å²) in [6, 6.07) is 2.99. The van der Waals surface area contributed by atoms with Crippen LogP contribution in [0.3, 0.4) is 0 Å². The lowest BCUT2D eigenvalue weighted by Crippen LogP contribution is -1.96. The molecular formula is C10H8BrNO3. The Bertz CT molecular complexity index is 423. The van der Waals surface area contributed by atoms with Crippen molar-refractivity contribution < 1.29 is 15.1 Å². The average Bonchev–Trinajstić information content (AvgIpc) is 2.23. The van der Waals surface area contributed by atoms with Gasteiger partial charge in [0.25, 0.3) is 0 Å². The van der Waals surface area contributed by atoms with Crippen molar-refractivity contribution in [3.05, 3.63) is 22.2 Å². The van der Waals surface area contributed by atoms with E-state index in [-0.39, 0.29) is 12.4 Å². The van der Waals surface area contributed by atoms with Gasteiger partial charge in [-0.15, -0.1) is 6.42 Å². The monoisotopic (exact) mass is 269 g/mol. The van der Waals surface area contributed by atoms with Crippen molar-refractivity contribution in [2.45, 2.75) is 0 Å². The van der Waals surface area contributed by atoms with Crippen LogP contribution in [-0.4, -0.2) is 23.1 Å². The highest BCUT2D eigenvalue weighted by molar-refractivity contribution is 9.10. The number of ether oxygens (including phenoxy) is 1. The summed E-state index contributed by atoms with van der Waals surface area (Å²) >= 11 is 3.21. The molecule has 1 aromatic carbocycles. The van der Waals surface area contributed by atoms with E-state index in [1.54, 1.807) is 6.07 Å². The van der Waals surface area contributed by atoms with Crippen LogP contribution in [0.1, 0.15) is 5.56 Å². The zero-order valence-electron chi connectivity index (χ0n) is 7.64. The Balaban J connectivity index is 3.11. The van der Waals surface area contributed by atoms with Crippen molar-refractivity contribution in [3.63, 3.8) is 0 Å². The van der Waals surface area contributed by atoms with Crippen LogP contribution in [0.15, 0.2) is 21.8 Å². The number of phenolic OH excluding ortho intramolecular Hbond substituents is 1. The van der Waals surface area contributed by atoms with Crippen molar-refractivity contribution >= 4 is 22.1 Å². The van der Waals surface area contributed by atoms with Crippen LogP contribution < -0.4 is 4.74 Å². The van der Waals surface area contributed by atoms with Gasteiger partial charge >= 0.3 is 0 Å². The highest BCUT2D eigenvalue weighted by atomic mass is 79.9.